The van der Waals surface area contributed by atoms with E-state index in [4.69, 9.17) is 5.14 Å². The maximum atomic E-state index is 11.7. The molecule has 1 rings (SSSR count). The summed E-state index contributed by atoms with van der Waals surface area (Å²) >= 11 is 3.31. The first-order chi connectivity index (χ1) is 7.81. The first kappa shape index (κ1) is 14.1. The van der Waals surface area contributed by atoms with Crippen LogP contribution in [0.5, 0.6) is 0 Å². The summed E-state index contributed by atoms with van der Waals surface area (Å²) in [5.41, 5.74) is 1.41. The number of sulfonamides is 1. The molecule has 17 heavy (non-hydrogen) atoms. The highest BCUT2D eigenvalue weighted by molar-refractivity contribution is 9.10. The Hall–Kier alpha value is -0.920. The zero-order valence-electron chi connectivity index (χ0n) is 9.23. The molecule has 0 aliphatic rings. The third-order valence-corrected chi connectivity index (χ3v) is 3.93. The Labute approximate surface area is 109 Å². The van der Waals surface area contributed by atoms with Gasteiger partial charge >= 0.3 is 0 Å². The monoisotopic (exact) mass is 320 g/mol. The Balaban J connectivity index is 2.68. The summed E-state index contributed by atoms with van der Waals surface area (Å²) < 4.78 is 22.1. The minimum atomic E-state index is -3.55. The fraction of sp³-hybridized carbons (Fsp3) is 0.300. The molecule has 1 aromatic rings. The summed E-state index contributed by atoms with van der Waals surface area (Å²) in [6.07, 6.45) is 0. The molecule has 0 unspecified atom stereocenters. The lowest BCUT2D eigenvalue weighted by Gasteiger charge is -2.07. The van der Waals surface area contributed by atoms with E-state index in [0.29, 0.717) is 10.0 Å². The number of hydrogen-bond donors (Lipinski definition) is 2. The molecule has 0 spiro atoms. The van der Waals surface area contributed by atoms with Crippen LogP contribution in [-0.2, 0) is 10.0 Å². The third-order valence-electron chi connectivity index (χ3n) is 2.11. The van der Waals surface area contributed by atoms with Gasteiger partial charge in [0.15, 0.2) is 0 Å². The average Bonchev–Trinajstić information content (AvgIpc) is 2.20. The molecule has 0 atom stereocenters. The van der Waals surface area contributed by atoms with Crippen molar-refractivity contribution in [2.75, 3.05) is 12.3 Å². The second kappa shape index (κ2) is 5.61. The molecule has 0 bridgehead atoms. The van der Waals surface area contributed by atoms with Crippen molar-refractivity contribution < 1.29 is 13.2 Å². The summed E-state index contributed by atoms with van der Waals surface area (Å²) in [7, 11) is -3.55. The van der Waals surface area contributed by atoms with Crippen molar-refractivity contribution in [3.63, 3.8) is 0 Å². The van der Waals surface area contributed by atoms with Crippen molar-refractivity contribution >= 4 is 31.9 Å². The minimum absolute atomic E-state index is 0.00194. The molecule has 0 saturated carbocycles. The maximum absolute atomic E-state index is 11.7. The molecule has 0 heterocycles. The molecule has 1 aromatic carbocycles. The number of benzene rings is 1. The summed E-state index contributed by atoms with van der Waals surface area (Å²) in [5.74, 6) is -0.605. The third kappa shape index (κ3) is 4.45. The lowest BCUT2D eigenvalue weighted by molar-refractivity contribution is 0.0955. The van der Waals surface area contributed by atoms with Gasteiger partial charge in [-0.2, -0.15) is 0 Å². The molecule has 0 aliphatic heterocycles. The van der Waals surface area contributed by atoms with Crippen LogP contribution in [0, 0.1) is 6.92 Å². The highest BCUT2D eigenvalue weighted by atomic mass is 79.9. The number of nitrogens with one attached hydrogen (secondary N) is 1. The van der Waals surface area contributed by atoms with Gasteiger partial charge in [-0.05, 0) is 34.5 Å². The summed E-state index contributed by atoms with van der Waals surface area (Å²) in [4.78, 5) is 11.7. The standard InChI is InChI=1S/C10H13BrN2O3S/c1-7-3-2-4-8(9(7)11)10(14)13-5-6-17(12,15)16/h2-4H,5-6H2,1H3,(H,13,14)(H2,12,15,16). The van der Waals surface area contributed by atoms with Gasteiger partial charge in [0.05, 0.1) is 11.3 Å². The minimum Gasteiger partial charge on any atom is -0.351 e. The van der Waals surface area contributed by atoms with Gasteiger partial charge in [0.1, 0.15) is 0 Å². The van der Waals surface area contributed by atoms with Gasteiger partial charge in [0, 0.05) is 11.0 Å². The Kier molecular flexibility index (Phi) is 4.67. The summed E-state index contributed by atoms with van der Waals surface area (Å²) in [5, 5.41) is 7.32. The predicted octanol–water partition coefficient (Wildman–Crippen LogP) is 0.776. The first-order valence-corrected chi connectivity index (χ1v) is 7.36. The molecule has 1 amide bonds. The second-order valence-corrected chi connectivity index (χ2v) is 6.09. The number of aryl methyl sites for hydroxylation is 1. The molecular weight excluding hydrogens is 308 g/mol. The van der Waals surface area contributed by atoms with E-state index in [9.17, 15) is 13.2 Å². The van der Waals surface area contributed by atoms with Crippen molar-refractivity contribution in [3.8, 4) is 0 Å². The van der Waals surface area contributed by atoms with Crippen molar-refractivity contribution in [1.29, 1.82) is 0 Å². The number of halogens is 1. The highest BCUT2D eigenvalue weighted by Gasteiger charge is 2.11. The Morgan fingerprint density at radius 3 is 2.71 bits per heavy atom. The highest BCUT2D eigenvalue weighted by Crippen LogP contribution is 2.20. The van der Waals surface area contributed by atoms with Crippen LogP contribution in [0.15, 0.2) is 22.7 Å². The van der Waals surface area contributed by atoms with Crippen LogP contribution in [0.25, 0.3) is 0 Å². The number of nitrogens with two attached hydrogens (primary N) is 1. The first-order valence-electron chi connectivity index (χ1n) is 4.85. The Morgan fingerprint density at radius 1 is 1.47 bits per heavy atom. The molecule has 0 aromatic heterocycles. The van der Waals surface area contributed by atoms with Crippen LogP contribution in [0.3, 0.4) is 0 Å². The predicted molar refractivity (Wildman–Crippen MR) is 69.2 cm³/mol. The Bertz CT molecular complexity index is 528. The second-order valence-electron chi connectivity index (χ2n) is 3.56. The normalized spacial score (nSPS) is 11.2. The van der Waals surface area contributed by atoms with E-state index in [0.717, 1.165) is 5.56 Å². The van der Waals surface area contributed by atoms with E-state index in [1.807, 2.05) is 13.0 Å². The fourth-order valence-corrected chi connectivity index (χ4v) is 2.06. The van der Waals surface area contributed by atoms with Crippen molar-refractivity contribution in [3.05, 3.63) is 33.8 Å². The molecule has 94 valence electrons. The zero-order chi connectivity index (χ0) is 13.1. The van der Waals surface area contributed by atoms with Gasteiger partial charge < -0.3 is 5.32 Å². The molecular formula is C10H13BrN2O3S. The van der Waals surface area contributed by atoms with Crippen LogP contribution in [0.4, 0.5) is 0 Å². The molecule has 0 saturated heterocycles. The van der Waals surface area contributed by atoms with E-state index in [-0.39, 0.29) is 18.2 Å². The van der Waals surface area contributed by atoms with Gasteiger partial charge in [-0.1, -0.05) is 12.1 Å². The Morgan fingerprint density at radius 2 is 2.12 bits per heavy atom. The van der Waals surface area contributed by atoms with E-state index < -0.39 is 10.0 Å². The number of rotatable bonds is 4. The molecule has 5 nitrogen and oxygen atoms in total. The number of amides is 1. The quantitative estimate of drug-likeness (QED) is 0.859. The number of carbonyl (C=O) groups is 1. The molecule has 7 heteroatoms. The van der Waals surface area contributed by atoms with E-state index in [2.05, 4.69) is 21.2 Å². The molecule has 0 aliphatic carbocycles. The lowest BCUT2D eigenvalue weighted by atomic mass is 10.1. The number of hydrogen-bond acceptors (Lipinski definition) is 3. The summed E-state index contributed by atoms with van der Waals surface area (Å²) in [6.45, 7) is 1.86. The van der Waals surface area contributed by atoms with Crippen molar-refractivity contribution in [2.24, 2.45) is 5.14 Å². The molecule has 3 N–H and O–H groups in total. The van der Waals surface area contributed by atoms with E-state index >= 15 is 0 Å². The summed E-state index contributed by atoms with van der Waals surface area (Å²) in [6, 6.07) is 5.28. The topological polar surface area (TPSA) is 89.3 Å². The van der Waals surface area contributed by atoms with Gasteiger partial charge in [-0.15, -0.1) is 0 Å². The zero-order valence-corrected chi connectivity index (χ0v) is 11.6. The van der Waals surface area contributed by atoms with E-state index in [1.165, 1.54) is 0 Å². The van der Waals surface area contributed by atoms with E-state index in [1.54, 1.807) is 12.1 Å². The van der Waals surface area contributed by atoms with Crippen LogP contribution in [-0.4, -0.2) is 26.6 Å². The van der Waals surface area contributed by atoms with Crippen LogP contribution >= 0.6 is 15.9 Å². The largest absolute Gasteiger partial charge is 0.351 e. The maximum Gasteiger partial charge on any atom is 0.252 e. The smallest absolute Gasteiger partial charge is 0.252 e. The lowest BCUT2D eigenvalue weighted by Crippen LogP contribution is -2.31. The number of carbonyl (C=O) groups excluding carboxylic acids is 1. The van der Waals surface area contributed by atoms with Gasteiger partial charge in [-0.25, -0.2) is 13.6 Å². The van der Waals surface area contributed by atoms with Crippen molar-refractivity contribution in [1.82, 2.24) is 5.32 Å². The van der Waals surface area contributed by atoms with Gasteiger partial charge in [0.2, 0.25) is 10.0 Å². The molecule has 0 radical (unpaired) electrons. The van der Waals surface area contributed by atoms with Crippen LogP contribution in [0.2, 0.25) is 0 Å². The van der Waals surface area contributed by atoms with Crippen LogP contribution < -0.4 is 10.5 Å². The van der Waals surface area contributed by atoms with Crippen molar-refractivity contribution in [2.45, 2.75) is 6.92 Å². The van der Waals surface area contributed by atoms with Gasteiger partial charge in [-0.3, -0.25) is 4.79 Å². The number of primary sulfonamides is 1. The van der Waals surface area contributed by atoms with Gasteiger partial charge in [0.25, 0.3) is 5.91 Å². The molecule has 0 fully saturated rings. The van der Waals surface area contributed by atoms with Crippen LogP contribution in [0.1, 0.15) is 15.9 Å². The fourth-order valence-electron chi connectivity index (χ4n) is 1.22. The SMILES string of the molecule is Cc1cccc(C(=O)NCCS(N)(=O)=O)c1Br. The average molecular weight is 321 g/mol.